The van der Waals surface area contributed by atoms with Gasteiger partial charge in [-0.15, -0.1) is 16.5 Å². The van der Waals surface area contributed by atoms with Crippen LogP contribution in [-0.4, -0.2) is 41.4 Å². The van der Waals surface area contributed by atoms with E-state index in [0.29, 0.717) is 35.4 Å². The molecule has 0 radical (unpaired) electrons. The summed E-state index contributed by atoms with van der Waals surface area (Å²) < 4.78 is 5.68. The van der Waals surface area contributed by atoms with Gasteiger partial charge in [-0.1, -0.05) is 88.8 Å². The van der Waals surface area contributed by atoms with E-state index >= 15 is 0 Å². The van der Waals surface area contributed by atoms with Crippen LogP contribution in [0.1, 0.15) is 129 Å². The summed E-state index contributed by atoms with van der Waals surface area (Å²) in [4.78, 5) is 33.2. The second-order valence-corrected chi connectivity index (χ2v) is 14.7. The maximum Gasteiger partial charge on any atom is 2.00 e. The number of ether oxygens (including phenoxy) is 1. The van der Waals surface area contributed by atoms with Crippen LogP contribution in [0.25, 0.3) is 11.6 Å². The summed E-state index contributed by atoms with van der Waals surface area (Å²) in [6, 6.07) is 0. The Kier molecular flexibility index (Phi) is 13.8. The van der Waals surface area contributed by atoms with Crippen molar-refractivity contribution >= 4 is 34.8 Å². The van der Waals surface area contributed by atoms with Crippen molar-refractivity contribution in [2.24, 2.45) is 15.0 Å². The zero-order chi connectivity index (χ0) is 36.9. The molecule has 6 rings (SSSR count). The van der Waals surface area contributed by atoms with E-state index in [1.807, 2.05) is 39.0 Å². The van der Waals surface area contributed by atoms with E-state index in [4.69, 9.17) is 24.7 Å². The number of aromatic nitrogens is 1. The number of allylic oxidation sites excluding steroid dienone is 8. The minimum atomic E-state index is -0.219. The molecule has 0 saturated carbocycles. The maximum atomic E-state index is 13.6. The molecule has 0 atom stereocenters. The molecule has 5 heterocycles. The number of fused-ring (bicyclic) bond motifs is 5. The maximum absolute atomic E-state index is 13.6. The molecule has 1 aliphatic carbocycles. The van der Waals surface area contributed by atoms with Gasteiger partial charge in [-0.2, -0.15) is 0 Å². The third kappa shape index (κ3) is 8.52. The van der Waals surface area contributed by atoms with Gasteiger partial charge in [0.15, 0.2) is 0 Å². The number of aliphatic hydroxyl groups is 1. The summed E-state index contributed by atoms with van der Waals surface area (Å²) >= 11 is 0. The van der Waals surface area contributed by atoms with Gasteiger partial charge in [0, 0.05) is 12.0 Å². The average Bonchev–Trinajstić information content (AvgIpc) is 3.88. The summed E-state index contributed by atoms with van der Waals surface area (Å²) in [5.74, 6) is -0.186. The van der Waals surface area contributed by atoms with Crippen LogP contribution < -0.4 is 20.8 Å². The number of esters is 1. The minimum Gasteiger partial charge on any atom is -0.875 e. The van der Waals surface area contributed by atoms with Crippen molar-refractivity contribution in [3.05, 3.63) is 90.3 Å². The Morgan fingerprint density at radius 2 is 1.45 bits per heavy atom. The number of rotatable bonds is 16. The fraction of sp³-hybridized carbons (Fsp3) is 0.500. The summed E-state index contributed by atoms with van der Waals surface area (Å²) in [6.07, 6.45) is 19.9. The molecule has 1 aromatic rings. The third-order valence-electron chi connectivity index (χ3n) is 11.2. The summed E-state index contributed by atoms with van der Waals surface area (Å²) in [5.41, 5.74) is 12.4. The molecular formula is C44H54N4O4Zn. The predicted molar refractivity (Wildman–Crippen MR) is 208 cm³/mol. The van der Waals surface area contributed by atoms with E-state index in [1.54, 1.807) is 0 Å². The van der Waals surface area contributed by atoms with Crippen LogP contribution in [0.5, 0.6) is 0 Å². The van der Waals surface area contributed by atoms with Gasteiger partial charge in [-0.05, 0) is 99.0 Å². The summed E-state index contributed by atoms with van der Waals surface area (Å²) in [5, 5.41) is 25.5. The molecule has 0 unspecified atom stereocenters. The van der Waals surface area contributed by atoms with Gasteiger partial charge >= 0.3 is 25.4 Å². The fourth-order valence-corrected chi connectivity index (χ4v) is 7.98. The molecule has 8 nitrogen and oxygen atoms in total. The first-order chi connectivity index (χ1) is 25.2. The quantitative estimate of drug-likeness (QED) is 0.113. The Morgan fingerprint density at radius 3 is 2.11 bits per heavy atom. The van der Waals surface area contributed by atoms with Gasteiger partial charge in [0.2, 0.25) is 0 Å². The second kappa shape index (κ2) is 18.1. The van der Waals surface area contributed by atoms with Crippen LogP contribution in [0.2, 0.25) is 0 Å². The van der Waals surface area contributed by atoms with Crippen LogP contribution in [0.4, 0.5) is 0 Å². The van der Waals surface area contributed by atoms with Gasteiger partial charge in [0.05, 0.1) is 47.4 Å². The minimum absolute atomic E-state index is 0. The third-order valence-corrected chi connectivity index (χ3v) is 11.2. The van der Waals surface area contributed by atoms with E-state index in [2.05, 4.69) is 20.8 Å². The molecule has 276 valence electrons. The van der Waals surface area contributed by atoms with E-state index < -0.39 is 0 Å². The van der Waals surface area contributed by atoms with E-state index in [-0.39, 0.29) is 50.7 Å². The van der Waals surface area contributed by atoms with Gasteiger partial charge in [-0.25, -0.2) is 15.0 Å². The van der Waals surface area contributed by atoms with Crippen molar-refractivity contribution in [2.45, 2.75) is 131 Å². The standard InChI is InChI=1S/C44H55N4O4.Zn/c1-7-9-10-11-12-13-14-15-16-17-20-52-41(51)19-18-31-27(4)36-22-34-28(5)33(25-49)39(46-34)23-35-26(3)30(8-2)38(45-35)24-37-29(6)42-40(50)21-32(43(31)47-36)44(42)48-37;/h22-24,49H,7-21,25H2,1-6H3,(H-,45,46,47,48,50);/q-1;+2/p-1. The zero-order valence-electron chi connectivity index (χ0n) is 32.7. The Morgan fingerprint density at radius 1 is 0.830 bits per heavy atom. The van der Waals surface area contributed by atoms with Crippen LogP contribution in [0, 0.1) is 6.92 Å². The molecule has 0 spiro atoms. The van der Waals surface area contributed by atoms with Crippen LogP contribution >= 0.6 is 0 Å². The number of hydrogen-bond donors (Lipinski definition) is 1. The Balaban J connectivity index is 0.00000541. The van der Waals surface area contributed by atoms with Gasteiger partial charge in [-0.3, -0.25) is 4.79 Å². The molecular weight excluding hydrogens is 714 g/mol. The number of carbonyl (C=O) groups is 1. The fourth-order valence-electron chi connectivity index (χ4n) is 7.98. The van der Waals surface area contributed by atoms with Crippen molar-refractivity contribution in [3.63, 3.8) is 0 Å². The van der Waals surface area contributed by atoms with E-state index in [9.17, 15) is 15.0 Å². The monoisotopic (exact) mass is 766 g/mol. The molecule has 9 heteroatoms. The molecule has 0 aromatic carbocycles. The van der Waals surface area contributed by atoms with E-state index in [0.717, 1.165) is 92.0 Å². The number of hydrogen-bond acceptors (Lipinski definition) is 7. The van der Waals surface area contributed by atoms with Crippen LogP contribution in [0.3, 0.4) is 0 Å². The van der Waals surface area contributed by atoms with Crippen molar-refractivity contribution in [3.8, 4) is 0 Å². The van der Waals surface area contributed by atoms with Gasteiger partial charge in [0.1, 0.15) is 0 Å². The molecule has 1 aromatic heterocycles. The Labute approximate surface area is 327 Å². The van der Waals surface area contributed by atoms with Gasteiger partial charge in [0.25, 0.3) is 0 Å². The largest absolute Gasteiger partial charge is 2.00 e. The summed E-state index contributed by atoms with van der Waals surface area (Å²) in [6.45, 7) is 12.7. The second-order valence-electron chi connectivity index (χ2n) is 14.7. The summed E-state index contributed by atoms with van der Waals surface area (Å²) in [7, 11) is 0. The van der Waals surface area contributed by atoms with E-state index in [1.165, 1.54) is 51.4 Å². The number of aliphatic imine (C=N–C) groups is 3. The average molecular weight is 768 g/mol. The SMILES string of the molecule is CCCCCCCCCCCCOC(=O)CCc1c(C)c2[n-]c1=C1CC([O-])=C3C1=NC(=C3C)C=C1N=C(C=C3N=C(C=2)C(C)=C3CO)C(C)=C1CC.[Zn+2]. The first kappa shape index (κ1) is 40.5. The van der Waals surface area contributed by atoms with Gasteiger partial charge < -0.3 is 19.9 Å². The van der Waals surface area contributed by atoms with Crippen molar-refractivity contribution < 1.29 is 39.2 Å². The topological polar surface area (TPSA) is 121 Å². The van der Waals surface area contributed by atoms with Crippen LogP contribution in [0.15, 0.2) is 83.4 Å². The first-order valence-electron chi connectivity index (χ1n) is 19.5. The molecule has 0 saturated heterocycles. The Bertz CT molecular complexity index is 2060. The molecule has 53 heavy (non-hydrogen) atoms. The Hall–Kier alpha value is -3.68. The molecule has 1 N–H and O–H groups in total. The molecule has 4 aliphatic heterocycles. The normalized spacial score (nSPS) is 17.6. The first-order valence-corrected chi connectivity index (χ1v) is 19.5. The number of aliphatic hydroxyl groups excluding tert-OH is 1. The number of nitrogens with zero attached hydrogens (tertiary/aromatic N) is 4. The molecule has 5 aliphatic rings. The molecule has 0 fully saturated rings. The van der Waals surface area contributed by atoms with Crippen molar-refractivity contribution in [1.29, 1.82) is 0 Å². The number of unbranched alkanes of at least 4 members (excludes halogenated alkanes) is 9. The molecule has 0 amide bonds. The van der Waals surface area contributed by atoms with Crippen molar-refractivity contribution in [2.75, 3.05) is 13.2 Å². The predicted octanol–water partition coefficient (Wildman–Crippen LogP) is 6.75. The van der Waals surface area contributed by atoms with Crippen molar-refractivity contribution in [1.82, 2.24) is 4.98 Å². The smallest absolute Gasteiger partial charge is 0.875 e. The number of carbonyl (C=O) groups excluding carboxylic acids is 1. The van der Waals surface area contributed by atoms with Crippen LogP contribution in [-0.2, 0) is 35.4 Å². The molecule has 8 bridgehead atoms. The zero-order valence-corrected chi connectivity index (χ0v) is 35.7.